The molecule has 4 N–H and O–H groups in total. The summed E-state index contributed by atoms with van der Waals surface area (Å²) in [5, 5.41) is 16.5. The predicted molar refractivity (Wildman–Crippen MR) is 93.0 cm³/mol. The lowest BCUT2D eigenvalue weighted by Gasteiger charge is -2.13. The molecule has 24 heavy (non-hydrogen) atoms. The van der Waals surface area contributed by atoms with E-state index in [9.17, 15) is 14.4 Å². The molecule has 0 heterocycles. The molecule has 0 saturated heterocycles. The van der Waals surface area contributed by atoms with Gasteiger partial charge in [-0.15, -0.1) is 12.4 Å². The molecule has 0 saturated carbocycles. The molecule has 1 aromatic rings. The van der Waals surface area contributed by atoms with Crippen LogP contribution in [0.25, 0.3) is 0 Å². The van der Waals surface area contributed by atoms with E-state index < -0.39 is 23.9 Å². The zero-order valence-electron chi connectivity index (χ0n) is 13.6. The zero-order valence-corrected chi connectivity index (χ0v) is 14.4. The van der Waals surface area contributed by atoms with Gasteiger partial charge in [0.25, 0.3) is 0 Å². The second kappa shape index (κ2) is 12.3. The molecule has 0 spiro atoms. The largest absolute Gasteiger partial charge is 0.480 e. The van der Waals surface area contributed by atoms with Crippen molar-refractivity contribution in [3.05, 3.63) is 35.9 Å². The van der Waals surface area contributed by atoms with E-state index in [1.54, 1.807) is 0 Å². The lowest BCUT2D eigenvalue weighted by atomic mass is 10.1. The van der Waals surface area contributed by atoms with E-state index in [0.717, 1.165) is 12.0 Å². The summed E-state index contributed by atoms with van der Waals surface area (Å²) < 4.78 is 0. The van der Waals surface area contributed by atoms with Gasteiger partial charge in [-0.05, 0) is 12.0 Å². The topological polar surface area (TPSA) is 108 Å². The number of carbonyl (C=O) groups excluding carboxylic acids is 2. The van der Waals surface area contributed by atoms with E-state index in [1.807, 2.05) is 37.3 Å². The van der Waals surface area contributed by atoms with Gasteiger partial charge in [0, 0.05) is 19.5 Å². The number of imide groups is 1. The lowest BCUT2D eigenvalue weighted by Crippen LogP contribution is -2.42. The Balaban J connectivity index is 0.00000529. The Hall–Kier alpha value is -2.12. The third-order valence-corrected chi connectivity index (χ3v) is 3.17. The van der Waals surface area contributed by atoms with Crippen LogP contribution >= 0.6 is 12.4 Å². The van der Waals surface area contributed by atoms with E-state index in [2.05, 4.69) is 16.0 Å². The average molecular weight is 358 g/mol. The second-order valence-corrected chi connectivity index (χ2v) is 5.10. The van der Waals surface area contributed by atoms with Crippen LogP contribution in [0.15, 0.2) is 30.3 Å². The SMILES string of the molecule is CCCC(NCCC(=O)NC(=O)NCc1ccccc1)C(=O)O.Cl. The maximum Gasteiger partial charge on any atom is 0.321 e. The highest BCUT2D eigenvalue weighted by molar-refractivity contribution is 5.94. The van der Waals surface area contributed by atoms with Crippen molar-refractivity contribution in [1.82, 2.24) is 16.0 Å². The number of halogens is 1. The molecule has 8 heteroatoms. The molecular formula is C16H24ClN3O4. The number of carbonyl (C=O) groups is 3. The lowest BCUT2D eigenvalue weighted by molar-refractivity contribution is -0.139. The Morgan fingerprint density at radius 2 is 1.83 bits per heavy atom. The van der Waals surface area contributed by atoms with Gasteiger partial charge in [0.2, 0.25) is 5.91 Å². The molecule has 1 atom stereocenters. The van der Waals surface area contributed by atoms with Crippen LogP contribution in [-0.2, 0) is 16.1 Å². The van der Waals surface area contributed by atoms with Gasteiger partial charge in [0.1, 0.15) is 6.04 Å². The molecule has 0 aliphatic carbocycles. The molecular weight excluding hydrogens is 334 g/mol. The highest BCUT2D eigenvalue weighted by Gasteiger charge is 2.15. The number of nitrogens with one attached hydrogen (secondary N) is 3. The van der Waals surface area contributed by atoms with Gasteiger partial charge in [-0.1, -0.05) is 43.7 Å². The van der Waals surface area contributed by atoms with E-state index in [0.29, 0.717) is 13.0 Å². The van der Waals surface area contributed by atoms with Crippen molar-refractivity contribution in [2.75, 3.05) is 6.54 Å². The summed E-state index contributed by atoms with van der Waals surface area (Å²) in [5.74, 6) is -1.39. The summed E-state index contributed by atoms with van der Waals surface area (Å²) in [5.41, 5.74) is 0.931. The van der Waals surface area contributed by atoms with Gasteiger partial charge in [0.05, 0.1) is 0 Å². The molecule has 3 amide bonds. The number of carboxylic acids is 1. The molecule has 0 aliphatic rings. The minimum atomic E-state index is -0.937. The van der Waals surface area contributed by atoms with Crippen molar-refractivity contribution >= 4 is 30.3 Å². The summed E-state index contributed by atoms with van der Waals surface area (Å²) in [7, 11) is 0. The van der Waals surface area contributed by atoms with Gasteiger partial charge < -0.3 is 15.7 Å². The first-order valence-corrected chi connectivity index (χ1v) is 7.60. The molecule has 7 nitrogen and oxygen atoms in total. The molecule has 1 aromatic carbocycles. The van der Waals surface area contributed by atoms with Crippen molar-refractivity contribution in [1.29, 1.82) is 0 Å². The Morgan fingerprint density at radius 1 is 1.17 bits per heavy atom. The summed E-state index contributed by atoms with van der Waals surface area (Å²) in [4.78, 5) is 34.1. The number of benzene rings is 1. The predicted octanol–water partition coefficient (Wildman–Crippen LogP) is 1.67. The average Bonchev–Trinajstić information content (AvgIpc) is 2.53. The number of amides is 3. The fourth-order valence-corrected chi connectivity index (χ4v) is 1.97. The van der Waals surface area contributed by atoms with Crippen molar-refractivity contribution in [3.8, 4) is 0 Å². The smallest absolute Gasteiger partial charge is 0.321 e. The standard InChI is InChI=1S/C16H23N3O4.ClH/c1-2-6-13(15(21)22)17-10-9-14(20)19-16(23)18-11-12-7-4-3-5-8-12;/h3-5,7-8,13,17H,2,6,9-11H2,1H3,(H,21,22)(H2,18,19,20,23);1H. The fourth-order valence-electron chi connectivity index (χ4n) is 1.97. The van der Waals surface area contributed by atoms with Crippen LogP contribution in [0.2, 0.25) is 0 Å². The van der Waals surface area contributed by atoms with Crippen LogP contribution in [0.1, 0.15) is 31.7 Å². The molecule has 0 bridgehead atoms. The summed E-state index contributed by atoms with van der Waals surface area (Å²) in [6.07, 6.45) is 1.26. The zero-order chi connectivity index (χ0) is 17.1. The van der Waals surface area contributed by atoms with Gasteiger partial charge >= 0.3 is 12.0 Å². The van der Waals surface area contributed by atoms with E-state index in [1.165, 1.54) is 0 Å². The highest BCUT2D eigenvalue weighted by Crippen LogP contribution is 1.98. The van der Waals surface area contributed by atoms with Crippen LogP contribution in [0.4, 0.5) is 4.79 Å². The van der Waals surface area contributed by atoms with Crippen molar-refractivity contribution in [2.24, 2.45) is 0 Å². The summed E-state index contributed by atoms with van der Waals surface area (Å²) in [6.45, 7) is 2.42. The summed E-state index contributed by atoms with van der Waals surface area (Å²) in [6, 6.07) is 8.10. The van der Waals surface area contributed by atoms with Crippen molar-refractivity contribution in [2.45, 2.75) is 38.8 Å². The summed E-state index contributed by atoms with van der Waals surface area (Å²) >= 11 is 0. The second-order valence-electron chi connectivity index (χ2n) is 5.10. The molecule has 0 aromatic heterocycles. The van der Waals surface area contributed by atoms with Crippen molar-refractivity contribution in [3.63, 3.8) is 0 Å². The van der Waals surface area contributed by atoms with E-state index >= 15 is 0 Å². The van der Waals surface area contributed by atoms with Crippen LogP contribution in [-0.4, -0.2) is 35.6 Å². The monoisotopic (exact) mass is 357 g/mol. The highest BCUT2D eigenvalue weighted by atomic mass is 35.5. The molecule has 1 rings (SSSR count). The van der Waals surface area contributed by atoms with Gasteiger partial charge in [-0.3, -0.25) is 14.9 Å². The Bertz CT molecular complexity index is 525. The maximum atomic E-state index is 11.6. The first kappa shape index (κ1) is 21.9. The third-order valence-electron chi connectivity index (χ3n) is 3.17. The molecule has 1 unspecified atom stereocenters. The molecule has 0 aliphatic heterocycles. The Kier molecular flexibility index (Phi) is 11.2. The maximum absolute atomic E-state index is 11.6. The quantitative estimate of drug-likeness (QED) is 0.537. The number of carboxylic acid groups (broad SMARTS) is 1. The first-order valence-electron chi connectivity index (χ1n) is 7.60. The number of urea groups is 1. The normalized spacial score (nSPS) is 11.0. The minimum absolute atomic E-state index is 0. The Labute approximate surface area is 147 Å². The van der Waals surface area contributed by atoms with Crippen LogP contribution in [0.3, 0.4) is 0 Å². The van der Waals surface area contributed by atoms with Crippen LogP contribution < -0.4 is 16.0 Å². The minimum Gasteiger partial charge on any atom is -0.480 e. The van der Waals surface area contributed by atoms with Gasteiger partial charge in [-0.2, -0.15) is 0 Å². The van der Waals surface area contributed by atoms with Crippen LogP contribution in [0.5, 0.6) is 0 Å². The van der Waals surface area contributed by atoms with Crippen molar-refractivity contribution < 1.29 is 19.5 Å². The number of aliphatic carboxylic acids is 1. The van der Waals surface area contributed by atoms with E-state index in [4.69, 9.17) is 5.11 Å². The number of hydrogen-bond donors (Lipinski definition) is 4. The first-order chi connectivity index (χ1) is 11.0. The third kappa shape index (κ3) is 9.12. The van der Waals surface area contributed by atoms with Gasteiger partial charge in [0.15, 0.2) is 0 Å². The fraction of sp³-hybridized carbons (Fsp3) is 0.438. The Morgan fingerprint density at radius 3 is 2.42 bits per heavy atom. The number of hydrogen-bond acceptors (Lipinski definition) is 4. The molecule has 0 fully saturated rings. The van der Waals surface area contributed by atoms with Gasteiger partial charge in [-0.25, -0.2) is 4.79 Å². The van der Waals surface area contributed by atoms with Crippen LogP contribution in [0, 0.1) is 0 Å². The van der Waals surface area contributed by atoms with E-state index in [-0.39, 0.29) is 25.4 Å². The molecule has 0 radical (unpaired) electrons. The molecule has 134 valence electrons. The number of rotatable bonds is 9.